The van der Waals surface area contributed by atoms with E-state index in [2.05, 4.69) is 38.3 Å². The van der Waals surface area contributed by atoms with Crippen LogP contribution in [0.5, 0.6) is 0 Å². The molecule has 1 saturated heterocycles. The molecule has 0 aliphatic carbocycles. The maximum absolute atomic E-state index is 12.2. The van der Waals surface area contributed by atoms with Gasteiger partial charge < -0.3 is 16.0 Å². The fourth-order valence-corrected chi connectivity index (χ4v) is 3.31. The van der Waals surface area contributed by atoms with E-state index in [4.69, 9.17) is 5.73 Å². The fraction of sp³-hybridized carbons (Fsp3) is 0.278. The van der Waals surface area contributed by atoms with Crippen molar-refractivity contribution in [1.29, 1.82) is 0 Å². The molecule has 1 heterocycles. The Bertz CT molecular complexity index is 714. The Labute approximate surface area is 169 Å². The van der Waals surface area contributed by atoms with Crippen molar-refractivity contribution in [2.24, 2.45) is 5.92 Å². The van der Waals surface area contributed by atoms with Crippen LogP contribution in [0.15, 0.2) is 53.0 Å². The highest BCUT2D eigenvalue weighted by Gasteiger charge is 2.23. The van der Waals surface area contributed by atoms with Crippen molar-refractivity contribution in [3.63, 3.8) is 0 Å². The molecule has 1 amide bonds. The van der Waals surface area contributed by atoms with Gasteiger partial charge >= 0.3 is 0 Å². The highest BCUT2D eigenvalue weighted by atomic mass is 79.9. The highest BCUT2D eigenvalue weighted by molar-refractivity contribution is 9.10. The van der Waals surface area contributed by atoms with Crippen molar-refractivity contribution in [3.8, 4) is 0 Å². The van der Waals surface area contributed by atoms with Gasteiger partial charge in [0.25, 0.3) is 5.91 Å². The first-order chi connectivity index (χ1) is 11.1. The second-order valence-electron chi connectivity index (χ2n) is 5.92. The summed E-state index contributed by atoms with van der Waals surface area (Å²) in [4.78, 5) is 14.5. The highest BCUT2D eigenvalue weighted by Crippen LogP contribution is 2.26. The molecular weight excluding hydrogens is 425 g/mol. The number of nitrogens with one attached hydrogen (secondary N) is 1. The summed E-state index contributed by atoms with van der Waals surface area (Å²) >= 11 is 3.51. The van der Waals surface area contributed by atoms with Crippen LogP contribution >= 0.6 is 40.7 Å². The molecule has 0 radical (unpaired) electrons. The first-order valence-electron chi connectivity index (χ1n) is 7.76. The van der Waals surface area contributed by atoms with Gasteiger partial charge in [-0.2, -0.15) is 0 Å². The summed E-state index contributed by atoms with van der Waals surface area (Å²) in [6, 6.07) is 15.4. The molecule has 4 nitrogen and oxygen atoms in total. The normalized spacial score (nSPS) is 15.9. The minimum atomic E-state index is -0.0572. The molecule has 1 atom stereocenters. The Kier molecular flexibility index (Phi) is 8.56. The first-order valence-corrected chi connectivity index (χ1v) is 8.55. The summed E-state index contributed by atoms with van der Waals surface area (Å²) < 4.78 is 1.09. The predicted octanol–water partition coefficient (Wildman–Crippen LogP) is 4.13. The van der Waals surface area contributed by atoms with E-state index in [1.54, 1.807) is 24.3 Å². The Hall–Kier alpha value is -1.43. The second-order valence-corrected chi connectivity index (χ2v) is 6.83. The summed E-state index contributed by atoms with van der Waals surface area (Å²) in [6.07, 6.45) is 1.09. The van der Waals surface area contributed by atoms with E-state index < -0.39 is 0 Å². The average molecular weight is 447 g/mol. The molecule has 1 aliphatic heterocycles. The number of nitrogens with two attached hydrogens (primary N) is 1. The number of hydrogen-bond donors (Lipinski definition) is 2. The number of carbonyl (C=O) groups is 1. The van der Waals surface area contributed by atoms with Crippen molar-refractivity contribution < 1.29 is 4.79 Å². The van der Waals surface area contributed by atoms with Crippen molar-refractivity contribution in [1.82, 2.24) is 5.32 Å². The van der Waals surface area contributed by atoms with Gasteiger partial charge in [-0.05, 0) is 48.7 Å². The van der Waals surface area contributed by atoms with E-state index in [0.29, 0.717) is 23.7 Å². The van der Waals surface area contributed by atoms with Crippen LogP contribution < -0.4 is 16.0 Å². The molecule has 2 aromatic carbocycles. The molecule has 2 aromatic rings. The molecule has 1 fully saturated rings. The molecule has 3 rings (SSSR count). The van der Waals surface area contributed by atoms with Crippen molar-refractivity contribution in [3.05, 3.63) is 58.6 Å². The molecule has 1 unspecified atom stereocenters. The summed E-state index contributed by atoms with van der Waals surface area (Å²) in [5.74, 6) is 0.414. The summed E-state index contributed by atoms with van der Waals surface area (Å²) in [7, 11) is 0. The van der Waals surface area contributed by atoms with Crippen LogP contribution in [-0.2, 0) is 0 Å². The molecule has 1 aliphatic rings. The molecule has 7 heteroatoms. The first kappa shape index (κ1) is 21.6. The van der Waals surface area contributed by atoms with Crippen LogP contribution in [0.2, 0.25) is 0 Å². The van der Waals surface area contributed by atoms with E-state index in [0.717, 1.165) is 24.0 Å². The lowest BCUT2D eigenvalue weighted by Crippen LogP contribution is -2.31. The van der Waals surface area contributed by atoms with Crippen LogP contribution in [0.1, 0.15) is 16.8 Å². The number of halogens is 3. The predicted molar refractivity (Wildman–Crippen MR) is 112 cm³/mol. The number of rotatable bonds is 4. The van der Waals surface area contributed by atoms with Gasteiger partial charge in [0, 0.05) is 41.0 Å². The van der Waals surface area contributed by atoms with Crippen LogP contribution in [-0.4, -0.2) is 25.5 Å². The third kappa shape index (κ3) is 5.80. The zero-order valence-electron chi connectivity index (χ0n) is 13.7. The number of anilines is 2. The van der Waals surface area contributed by atoms with Gasteiger partial charge in [-0.25, -0.2) is 0 Å². The third-order valence-corrected chi connectivity index (χ3v) is 4.65. The van der Waals surface area contributed by atoms with Gasteiger partial charge in [0.1, 0.15) is 0 Å². The van der Waals surface area contributed by atoms with Gasteiger partial charge in [0.05, 0.1) is 0 Å². The number of carbonyl (C=O) groups excluding carboxylic acids is 1. The molecule has 0 aromatic heterocycles. The number of hydrogen-bond acceptors (Lipinski definition) is 3. The number of nitrogens with zero attached hydrogens (tertiary/aromatic N) is 1. The van der Waals surface area contributed by atoms with Crippen LogP contribution in [0.25, 0.3) is 0 Å². The van der Waals surface area contributed by atoms with Crippen molar-refractivity contribution in [2.45, 2.75) is 6.42 Å². The number of benzene rings is 2. The standard InChI is InChI=1S/C18H20BrN3O.2ClH/c19-15-4-2-6-17(10-15)22-8-7-13(12-22)11-21-18(23)14-3-1-5-16(20)9-14;;/h1-6,9-10,13H,7-8,11-12,20H2,(H,21,23);2*1H. The maximum Gasteiger partial charge on any atom is 0.251 e. The largest absolute Gasteiger partial charge is 0.399 e. The molecule has 3 N–H and O–H groups in total. The van der Waals surface area contributed by atoms with Gasteiger partial charge in [0.2, 0.25) is 0 Å². The topological polar surface area (TPSA) is 58.4 Å². The molecule has 0 saturated carbocycles. The van der Waals surface area contributed by atoms with Crippen LogP contribution in [0, 0.1) is 5.92 Å². The molecule has 0 spiro atoms. The smallest absolute Gasteiger partial charge is 0.251 e. The molecular formula is C18H22BrCl2N3O. The summed E-state index contributed by atoms with van der Waals surface area (Å²) in [5, 5.41) is 3.02. The summed E-state index contributed by atoms with van der Waals surface area (Å²) in [6.45, 7) is 2.68. The van der Waals surface area contributed by atoms with E-state index in [-0.39, 0.29) is 30.7 Å². The lowest BCUT2D eigenvalue weighted by atomic mass is 10.1. The van der Waals surface area contributed by atoms with E-state index >= 15 is 0 Å². The lowest BCUT2D eigenvalue weighted by Gasteiger charge is -2.19. The minimum absolute atomic E-state index is 0. The van der Waals surface area contributed by atoms with Crippen molar-refractivity contribution in [2.75, 3.05) is 30.3 Å². The van der Waals surface area contributed by atoms with Crippen LogP contribution in [0.4, 0.5) is 11.4 Å². The van der Waals surface area contributed by atoms with Crippen LogP contribution in [0.3, 0.4) is 0 Å². The molecule has 0 bridgehead atoms. The second kappa shape index (κ2) is 9.90. The van der Waals surface area contributed by atoms with Gasteiger partial charge in [0.15, 0.2) is 0 Å². The molecule has 136 valence electrons. The van der Waals surface area contributed by atoms with Gasteiger partial charge in [-0.15, -0.1) is 24.8 Å². The fourth-order valence-electron chi connectivity index (χ4n) is 2.93. The average Bonchev–Trinajstić information content (AvgIpc) is 3.01. The maximum atomic E-state index is 12.2. The Morgan fingerprint density at radius 1 is 1.20 bits per heavy atom. The van der Waals surface area contributed by atoms with Gasteiger partial charge in [-0.1, -0.05) is 28.1 Å². The Morgan fingerprint density at radius 2 is 1.96 bits per heavy atom. The third-order valence-electron chi connectivity index (χ3n) is 4.16. The van der Waals surface area contributed by atoms with Crippen molar-refractivity contribution >= 4 is 58.0 Å². The Balaban J connectivity index is 0.00000156. The quantitative estimate of drug-likeness (QED) is 0.694. The van der Waals surface area contributed by atoms with E-state index in [1.807, 2.05) is 12.1 Å². The zero-order valence-corrected chi connectivity index (χ0v) is 16.9. The minimum Gasteiger partial charge on any atom is -0.399 e. The summed E-state index contributed by atoms with van der Waals surface area (Å²) in [5.41, 5.74) is 8.17. The van der Waals surface area contributed by atoms with E-state index in [9.17, 15) is 4.79 Å². The van der Waals surface area contributed by atoms with E-state index in [1.165, 1.54) is 5.69 Å². The monoisotopic (exact) mass is 445 g/mol. The Morgan fingerprint density at radius 3 is 2.68 bits per heavy atom. The SMILES string of the molecule is Cl.Cl.Nc1cccc(C(=O)NCC2CCN(c3cccc(Br)c3)C2)c1. The number of nitrogen functional groups attached to an aromatic ring is 1. The van der Waals surface area contributed by atoms with Gasteiger partial charge in [-0.3, -0.25) is 4.79 Å². The lowest BCUT2D eigenvalue weighted by molar-refractivity contribution is 0.0948. The zero-order chi connectivity index (χ0) is 16.2. The molecule has 25 heavy (non-hydrogen) atoms. The number of amides is 1.